The first-order valence-electron chi connectivity index (χ1n) is 21.1. The van der Waals surface area contributed by atoms with Gasteiger partial charge in [0.2, 0.25) is 0 Å². The van der Waals surface area contributed by atoms with Crippen molar-refractivity contribution in [3.8, 4) is 17.2 Å². The van der Waals surface area contributed by atoms with Gasteiger partial charge in [0.1, 0.15) is 17.6 Å². The van der Waals surface area contributed by atoms with Crippen LogP contribution in [0.5, 0.6) is 17.2 Å². The Morgan fingerprint density at radius 2 is 1.56 bits per heavy atom. The maximum absolute atomic E-state index is 14.9. The monoisotopic (exact) mass is 866 g/mol. The third-order valence-corrected chi connectivity index (χ3v) is 12.8. The number of ketones is 2. The number of nitrogens with zero attached hydrogens (tertiary/aromatic N) is 1. The van der Waals surface area contributed by atoms with Crippen molar-refractivity contribution in [3.63, 3.8) is 0 Å². The normalized spacial score (nSPS) is 28.0. The van der Waals surface area contributed by atoms with Crippen molar-refractivity contribution in [1.82, 2.24) is 4.57 Å². The average Bonchev–Trinajstić information content (AvgIpc) is 3.68. The number of phenolic OH excluding ortho intramolecular Hbond substituents is 2. The average molecular weight is 867 g/mol. The smallest absolute Gasteiger partial charge is 0.312 e. The minimum absolute atomic E-state index is 0.0103. The lowest BCUT2D eigenvalue weighted by molar-refractivity contribution is -0.160. The molecule has 2 aliphatic heterocycles. The van der Waals surface area contributed by atoms with E-state index in [9.17, 15) is 39.6 Å². The van der Waals surface area contributed by atoms with Crippen molar-refractivity contribution >= 4 is 50.8 Å². The molecule has 1 aromatic heterocycles. The number of carbonyl (C=O) groups excluding carboxylic acids is 4. The lowest BCUT2D eigenvalue weighted by atomic mass is 9.78. The number of esters is 1. The number of aliphatic hydroxyl groups is 2. The molecule has 0 spiro atoms. The Hall–Kier alpha value is -5.96. The van der Waals surface area contributed by atoms with E-state index < -0.39 is 83.0 Å². The van der Waals surface area contributed by atoms with E-state index >= 15 is 0 Å². The second-order valence-corrected chi connectivity index (χ2v) is 17.2. The van der Waals surface area contributed by atoms with Gasteiger partial charge in [0.25, 0.3) is 11.7 Å². The summed E-state index contributed by atoms with van der Waals surface area (Å²) in [7, 11) is 1.45. The highest BCUT2D eigenvalue weighted by Gasteiger charge is 2.50. The Kier molecular flexibility index (Phi) is 13.3. The van der Waals surface area contributed by atoms with Gasteiger partial charge in [-0.1, -0.05) is 76.3 Å². The highest BCUT2D eigenvalue weighted by molar-refractivity contribution is 6.31. The van der Waals surface area contributed by atoms with Crippen molar-refractivity contribution in [2.24, 2.45) is 23.7 Å². The van der Waals surface area contributed by atoms with Crippen LogP contribution < -0.4 is 10.1 Å². The molecule has 0 saturated heterocycles. The number of Topliss-reactive ketones (excluding diaryl/α,β-unsaturated/α-hetero) is 2. The maximum atomic E-state index is 14.9. The van der Waals surface area contributed by atoms with Gasteiger partial charge in [-0.15, -0.1) is 0 Å². The first kappa shape index (κ1) is 46.5. The molecule has 3 aromatic carbocycles. The van der Waals surface area contributed by atoms with Gasteiger partial charge in [0, 0.05) is 84.3 Å². The molecule has 336 valence electrons. The van der Waals surface area contributed by atoms with Crippen molar-refractivity contribution in [2.45, 2.75) is 106 Å². The van der Waals surface area contributed by atoms with Crippen LogP contribution in [-0.4, -0.2) is 85.7 Å². The summed E-state index contributed by atoms with van der Waals surface area (Å²) in [5.74, 6) is -7.82. The summed E-state index contributed by atoms with van der Waals surface area (Å²) in [5.41, 5.74) is 1.90. The largest absolute Gasteiger partial charge is 0.507 e. The van der Waals surface area contributed by atoms with E-state index in [1.54, 1.807) is 53.7 Å². The summed E-state index contributed by atoms with van der Waals surface area (Å²) >= 11 is 0. The third-order valence-electron chi connectivity index (χ3n) is 12.8. The van der Waals surface area contributed by atoms with Crippen LogP contribution in [0.2, 0.25) is 0 Å². The number of hydrogen-bond acceptors (Lipinski definition) is 12. The summed E-state index contributed by atoms with van der Waals surface area (Å²) in [6, 6.07) is 9.40. The molecule has 0 radical (unpaired) electrons. The van der Waals surface area contributed by atoms with Crippen LogP contribution in [0.15, 0.2) is 66.5 Å². The summed E-state index contributed by atoms with van der Waals surface area (Å²) in [4.78, 5) is 55.2. The van der Waals surface area contributed by atoms with Gasteiger partial charge in [-0.05, 0) is 39.3 Å². The summed E-state index contributed by atoms with van der Waals surface area (Å²) in [6.07, 6.45) is 3.68. The summed E-state index contributed by atoms with van der Waals surface area (Å²) in [5, 5.41) is 50.2. The standard InChI is InChI=1S/C49H58N2O12/c1-23-16-15-17-24(2)48(59)50-39-36-34(30(8)52)29(7)51(22-32-18-13-12-14-19-32)40(36)35-37(44(39)57)43(56)28(6)46-38(35)47(58)49(10,63-46)61-21-20-33(60-11)25(3)45(62-31(9)53)27(5)42(55)26(4)41(23)54/h12-21,23,25-27,33,41-42,45,54-57H,22H2,1-11H3,(H,50,59)/b16-15-,21-20+,24-17?. The van der Waals surface area contributed by atoms with E-state index in [1.165, 1.54) is 53.2 Å². The number of amides is 1. The van der Waals surface area contributed by atoms with Crippen molar-refractivity contribution in [3.05, 3.63) is 94.4 Å². The number of aromatic nitrogens is 1. The van der Waals surface area contributed by atoms with E-state index in [0.29, 0.717) is 5.69 Å². The fourth-order valence-corrected chi connectivity index (χ4v) is 9.11. The Labute approximate surface area is 366 Å². The zero-order valence-electron chi connectivity index (χ0n) is 37.6. The molecular formula is C49H58N2O12. The molecule has 4 aromatic rings. The van der Waals surface area contributed by atoms with Gasteiger partial charge < -0.3 is 49.3 Å². The van der Waals surface area contributed by atoms with Crippen LogP contribution >= 0.6 is 0 Å². The van der Waals surface area contributed by atoms with Gasteiger partial charge in [0.15, 0.2) is 11.5 Å². The van der Waals surface area contributed by atoms with Crippen molar-refractivity contribution < 1.29 is 58.6 Å². The second-order valence-electron chi connectivity index (χ2n) is 17.2. The number of carbonyl (C=O) groups is 4. The Morgan fingerprint density at radius 1 is 0.889 bits per heavy atom. The van der Waals surface area contributed by atoms with Crippen LogP contribution in [-0.2, 0) is 30.3 Å². The number of phenols is 2. The SMILES string of the molecule is COC1/C=C/OC2(C)Oc3c(C)c(O)c4c(O)c(c5c(C(C)=O)c(C)n(Cc6ccccc6)c5c4c3C2=O)NC(=O)C(C)=C/C=C\C(C)C(O)C(C)C(O)C(C)C(OC(C)=O)C1C. The van der Waals surface area contributed by atoms with Gasteiger partial charge in [0.05, 0.1) is 46.7 Å². The van der Waals surface area contributed by atoms with Crippen LogP contribution in [0, 0.1) is 37.5 Å². The van der Waals surface area contributed by atoms with Crippen LogP contribution in [0.4, 0.5) is 5.69 Å². The Bertz CT molecular complexity index is 2570. The van der Waals surface area contributed by atoms with Crippen molar-refractivity contribution in [2.75, 3.05) is 12.4 Å². The second kappa shape index (κ2) is 18.0. The number of aliphatic hydroxyl groups excluding tert-OH is 2. The number of ether oxygens (including phenoxy) is 4. The molecule has 3 heterocycles. The molecule has 0 aliphatic carbocycles. The van der Waals surface area contributed by atoms with E-state index in [1.807, 2.05) is 34.9 Å². The van der Waals surface area contributed by atoms with E-state index in [2.05, 4.69) is 5.32 Å². The van der Waals surface area contributed by atoms with Crippen LogP contribution in [0.25, 0.3) is 21.7 Å². The predicted molar refractivity (Wildman–Crippen MR) is 238 cm³/mol. The molecule has 2 aliphatic rings. The molecule has 0 saturated carbocycles. The Morgan fingerprint density at radius 3 is 2.17 bits per heavy atom. The molecule has 63 heavy (non-hydrogen) atoms. The zero-order chi connectivity index (χ0) is 46.4. The van der Waals surface area contributed by atoms with Gasteiger partial charge >= 0.3 is 11.8 Å². The number of allylic oxidation sites excluding steroid dienone is 2. The minimum Gasteiger partial charge on any atom is -0.507 e. The predicted octanol–water partition coefficient (Wildman–Crippen LogP) is 7.56. The Balaban J connectivity index is 1.65. The fraction of sp³-hybridized carbons (Fsp3) is 0.429. The summed E-state index contributed by atoms with van der Waals surface area (Å²) < 4.78 is 25.9. The van der Waals surface area contributed by atoms with Gasteiger partial charge in [-0.2, -0.15) is 0 Å². The van der Waals surface area contributed by atoms with Crippen LogP contribution in [0.3, 0.4) is 0 Å². The molecular weight excluding hydrogens is 809 g/mol. The fourth-order valence-electron chi connectivity index (χ4n) is 9.11. The number of aromatic hydroxyl groups is 2. The van der Waals surface area contributed by atoms with E-state index in [4.69, 9.17) is 18.9 Å². The lowest BCUT2D eigenvalue weighted by Crippen LogP contribution is -2.46. The number of benzene rings is 3. The number of fused-ring (bicyclic) bond motifs is 1. The number of rotatable bonds is 5. The lowest BCUT2D eigenvalue weighted by Gasteiger charge is -2.38. The van der Waals surface area contributed by atoms with Crippen LogP contribution in [0.1, 0.15) is 92.9 Å². The minimum atomic E-state index is -2.03. The molecule has 6 rings (SSSR count). The molecule has 14 heteroatoms. The van der Waals surface area contributed by atoms with E-state index in [0.717, 1.165) is 5.56 Å². The molecule has 0 fully saturated rings. The van der Waals surface area contributed by atoms with Gasteiger partial charge in [-0.25, -0.2) is 0 Å². The molecule has 4 bridgehead atoms. The highest BCUT2D eigenvalue weighted by atomic mass is 16.7. The molecule has 14 nitrogen and oxygen atoms in total. The topological polar surface area (TPSA) is 203 Å². The first-order valence-corrected chi connectivity index (χ1v) is 21.1. The number of methoxy groups -OCH3 is 1. The number of anilines is 1. The summed E-state index contributed by atoms with van der Waals surface area (Å²) in [6.45, 7) is 16.0. The van der Waals surface area contributed by atoms with Gasteiger partial charge in [-0.3, -0.25) is 19.2 Å². The third kappa shape index (κ3) is 8.34. The molecule has 9 unspecified atom stereocenters. The molecule has 1 amide bonds. The molecule has 5 N–H and O–H groups in total. The number of nitrogens with one attached hydrogen (secondary N) is 1. The first-order chi connectivity index (χ1) is 29.7. The molecule has 9 atom stereocenters. The maximum Gasteiger partial charge on any atom is 0.312 e. The number of hydrogen-bond donors (Lipinski definition) is 5. The highest BCUT2D eigenvalue weighted by Crippen LogP contribution is 2.55. The quantitative estimate of drug-likeness (QED) is 0.0750. The zero-order valence-corrected chi connectivity index (χ0v) is 37.6. The van der Waals surface area contributed by atoms with E-state index in [-0.39, 0.29) is 67.7 Å². The van der Waals surface area contributed by atoms with Crippen molar-refractivity contribution in [1.29, 1.82) is 0 Å².